The van der Waals surface area contributed by atoms with Crippen LogP contribution >= 0.6 is 15.9 Å². The molecule has 0 amide bonds. The average Bonchev–Trinajstić information content (AvgIpc) is 2.46. The van der Waals surface area contributed by atoms with Crippen LogP contribution in [0.25, 0.3) is 0 Å². The predicted molar refractivity (Wildman–Crippen MR) is 83.3 cm³/mol. The summed E-state index contributed by atoms with van der Waals surface area (Å²) < 4.78 is 27.0. The van der Waals surface area contributed by atoms with Crippen LogP contribution in [0.1, 0.15) is 0 Å². The van der Waals surface area contributed by atoms with Crippen LogP contribution in [-0.4, -0.2) is 63.9 Å². The van der Waals surface area contributed by atoms with E-state index in [0.717, 1.165) is 32.7 Å². The summed E-state index contributed by atoms with van der Waals surface area (Å²) in [5, 5.41) is 3.29. The molecule has 7 heteroatoms. The predicted octanol–water partition coefficient (Wildman–Crippen LogP) is 0.975. The minimum Gasteiger partial charge on any atom is -0.314 e. The Morgan fingerprint density at radius 1 is 1.30 bits per heavy atom. The SMILES string of the molecule is CN(CCN1CCNCC1)S(=O)(=O)c1ccccc1Br. The lowest BCUT2D eigenvalue weighted by Gasteiger charge is -2.29. The fourth-order valence-corrected chi connectivity index (χ4v) is 4.28. The van der Waals surface area contributed by atoms with Crippen LogP contribution in [0, 0.1) is 0 Å². The van der Waals surface area contributed by atoms with Crippen molar-refractivity contribution in [1.29, 1.82) is 0 Å². The molecule has 0 unspecified atom stereocenters. The zero-order valence-electron chi connectivity index (χ0n) is 11.5. The Morgan fingerprint density at radius 3 is 2.60 bits per heavy atom. The molecule has 0 spiro atoms. The molecule has 1 saturated heterocycles. The number of hydrogen-bond donors (Lipinski definition) is 1. The minimum atomic E-state index is -3.43. The first-order chi connectivity index (χ1) is 9.51. The quantitative estimate of drug-likeness (QED) is 0.849. The van der Waals surface area contributed by atoms with Gasteiger partial charge in [-0.2, -0.15) is 4.31 Å². The molecule has 1 aromatic carbocycles. The van der Waals surface area contributed by atoms with Gasteiger partial charge in [0, 0.05) is 50.8 Å². The summed E-state index contributed by atoms with van der Waals surface area (Å²) in [6, 6.07) is 6.92. The number of likely N-dealkylation sites (N-methyl/N-ethyl adjacent to an activating group) is 1. The molecule has 1 heterocycles. The van der Waals surface area contributed by atoms with Gasteiger partial charge in [0.25, 0.3) is 0 Å². The molecular weight excluding hydrogens is 342 g/mol. The van der Waals surface area contributed by atoms with E-state index in [1.807, 2.05) is 6.07 Å². The fraction of sp³-hybridized carbons (Fsp3) is 0.538. The molecule has 20 heavy (non-hydrogen) atoms. The normalized spacial score (nSPS) is 17.6. The van der Waals surface area contributed by atoms with Gasteiger partial charge in [0.2, 0.25) is 10.0 Å². The zero-order valence-corrected chi connectivity index (χ0v) is 14.0. The second kappa shape index (κ2) is 7.00. The molecule has 0 aliphatic carbocycles. The molecule has 5 nitrogen and oxygen atoms in total. The van der Waals surface area contributed by atoms with Gasteiger partial charge in [0.15, 0.2) is 0 Å². The molecule has 1 aromatic rings. The Morgan fingerprint density at radius 2 is 1.95 bits per heavy atom. The van der Waals surface area contributed by atoms with Gasteiger partial charge in [0.05, 0.1) is 4.90 Å². The van der Waals surface area contributed by atoms with E-state index >= 15 is 0 Å². The van der Waals surface area contributed by atoms with Gasteiger partial charge in [-0.25, -0.2) is 8.42 Å². The average molecular weight is 362 g/mol. The number of sulfonamides is 1. The van der Waals surface area contributed by atoms with Crippen LogP contribution in [0.5, 0.6) is 0 Å². The second-order valence-electron chi connectivity index (χ2n) is 4.85. The highest BCUT2D eigenvalue weighted by Gasteiger charge is 2.23. The molecule has 1 N–H and O–H groups in total. The maximum atomic E-state index is 12.5. The summed E-state index contributed by atoms with van der Waals surface area (Å²) in [4.78, 5) is 2.60. The van der Waals surface area contributed by atoms with Crippen molar-refractivity contribution in [3.8, 4) is 0 Å². The van der Waals surface area contributed by atoms with Gasteiger partial charge >= 0.3 is 0 Å². The molecule has 0 radical (unpaired) electrons. The van der Waals surface area contributed by atoms with Crippen molar-refractivity contribution >= 4 is 26.0 Å². The van der Waals surface area contributed by atoms with Crippen LogP contribution in [0.15, 0.2) is 33.6 Å². The van der Waals surface area contributed by atoms with Crippen molar-refractivity contribution in [2.24, 2.45) is 0 Å². The number of hydrogen-bond acceptors (Lipinski definition) is 4. The van der Waals surface area contributed by atoms with E-state index in [0.29, 0.717) is 15.9 Å². The van der Waals surface area contributed by atoms with Crippen LogP contribution in [0.2, 0.25) is 0 Å². The molecule has 1 aliphatic heterocycles. The van der Waals surface area contributed by atoms with Crippen LogP contribution < -0.4 is 5.32 Å². The van der Waals surface area contributed by atoms with Crippen LogP contribution in [0.3, 0.4) is 0 Å². The molecule has 0 saturated carbocycles. The highest BCUT2D eigenvalue weighted by Crippen LogP contribution is 2.23. The summed E-state index contributed by atoms with van der Waals surface area (Å²) in [7, 11) is -1.79. The van der Waals surface area contributed by atoms with Gasteiger partial charge < -0.3 is 5.32 Å². The summed E-state index contributed by atoms with van der Waals surface area (Å²) >= 11 is 3.30. The van der Waals surface area contributed by atoms with Crippen molar-refractivity contribution in [3.05, 3.63) is 28.7 Å². The monoisotopic (exact) mass is 361 g/mol. The maximum Gasteiger partial charge on any atom is 0.243 e. The number of rotatable bonds is 5. The van der Waals surface area contributed by atoms with Gasteiger partial charge in [-0.1, -0.05) is 12.1 Å². The topological polar surface area (TPSA) is 52.6 Å². The van der Waals surface area contributed by atoms with E-state index in [9.17, 15) is 8.42 Å². The van der Waals surface area contributed by atoms with E-state index in [1.165, 1.54) is 4.31 Å². The fourth-order valence-electron chi connectivity index (χ4n) is 2.16. The molecule has 1 fully saturated rings. The van der Waals surface area contributed by atoms with Gasteiger partial charge in [0.1, 0.15) is 0 Å². The summed E-state index contributed by atoms with van der Waals surface area (Å²) in [5.41, 5.74) is 0. The first-order valence-corrected chi connectivity index (χ1v) is 8.89. The molecule has 0 atom stereocenters. The van der Waals surface area contributed by atoms with Crippen LogP contribution in [-0.2, 0) is 10.0 Å². The largest absolute Gasteiger partial charge is 0.314 e. The number of piperazine rings is 1. The summed E-state index contributed by atoms with van der Waals surface area (Å²) in [5.74, 6) is 0. The summed E-state index contributed by atoms with van der Waals surface area (Å²) in [6.45, 7) is 5.17. The maximum absolute atomic E-state index is 12.5. The van der Waals surface area contributed by atoms with E-state index in [1.54, 1.807) is 25.2 Å². The van der Waals surface area contributed by atoms with Crippen molar-refractivity contribution in [2.75, 3.05) is 46.3 Å². The van der Waals surface area contributed by atoms with Gasteiger partial charge in [-0.3, -0.25) is 4.90 Å². The van der Waals surface area contributed by atoms with E-state index in [4.69, 9.17) is 0 Å². The van der Waals surface area contributed by atoms with Crippen molar-refractivity contribution < 1.29 is 8.42 Å². The molecule has 2 rings (SSSR count). The molecular formula is C13H20BrN3O2S. The Balaban J connectivity index is 2.00. The summed E-state index contributed by atoms with van der Waals surface area (Å²) in [6.07, 6.45) is 0. The highest BCUT2D eigenvalue weighted by molar-refractivity contribution is 9.10. The van der Waals surface area contributed by atoms with Crippen LogP contribution in [0.4, 0.5) is 0 Å². The Labute approximate surface area is 129 Å². The standard InChI is InChI=1S/C13H20BrN3O2S/c1-16(10-11-17-8-6-15-7-9-17)20(18,19)13-5-3-2-4-12(13)14/h2-5,15H,6-11H2,1H3. The number of benzene rings is 1. The highest BCUT2D eigenvalue weighted by atomic mass is 79.9. The Kier molecular flexibility index (Phi) is 5.57. The van der Waals surface area contributed by atoms with Gasteiger partial charge in [-0.15, -0.1) is 0 Å². The molecule has 0 bridgehead atoms. The van der Waals surface area contributed by atoms with E-state index in [-0.39, 0.29) is 0 Å². The molecule has 0 aromatic heterocycles. The number of nitrogens with one attached hydrogen (secondary N) is 1. The third-order valence-corrected chi connectivity index (χ3v) is 6.33. The van der Waals surface area contributed by atoms with Crippen molar-refractivity contribution in [1.82, 2.24) is 14.5 Å². The lowest BCUT2D eigenvalue weighted by Crippen LogP contribution is -2.46. The second-order valence-corrected chi connectivity index (χ2v) is 7.72. The third kappa shape index (κ3) is 3.79. The Bertz CT molecular complexity index is 544. The smallest absolute Gasteiger partial charge is 0.243 e. The van der Waals surface area contributed by atoms with Crippen molar-refractivity contribution in [2.45, 2.75) is 4.90 Å². The lowest BCUT2D eigenvalue weighted by atomic mass is 10.3. The lowest BCUT2D eigenvalue weighted by molar-refractivity contribution is 0.229. The first-order valence-electron chi connectivity index (χ1n) is 6.66. The molecule has 112 valence electrons. The third-order valence-electron chi connectivity index (χ3n) is 3.47. The first kappa shape index (κ1) is 15.9. The van der Waals surface area contributed by atoms with Gasteiger partial charge in [-0.05, 0) is 28.1 Å². The molecule has 1 aliphatic rings. The number of halogens is 1. The minimum absolute atomic E-state index is 0.322. The van der Waals surface area contributed by atoms with Crippen molar-refractivity contribution in [3.63, 3.8) is 0 Å². The zero-order chi connectivity index (χ0) is 14.6. The van der Waals surface area contributed by atoms with E-state index in [2.05, 4.69) is 26.1 Å². The Hall–Kier alpha value is -0.470. The van der Waals surface area contributed by atoms with E-state index < -0.39 is 10.0 Å². The number of nitrogens with zero attached hydrogens (tertiary/aromatic N) is 2.